The van der Waals surface area contributed by atoms with Crippen LogP contribution in [0.5, 0.6) is 11.5 Å². The smallest absolute Gasteiger partial charge is 0.288 e. The van der Waals surface area contributed by atoms with Crippen LogP contribution >= 0.6 is 11.6 Å². The molecule has 1 aromatic carbocycles. The monoisotopic (exact) mass is 287 g/mol. The van der Waals surface area contributed by atoms with Crippen LogP contribution in [0, 0.1) is 0 Å². The Morgan fingerprint density at radius 2 is 1.89 bits per heavy atom. The highest BCUT2D eigenvalue weighted by Gasteiger charge is 2.04. The van der Waals surface area contributed by atoms with Crippen molar-refractivity contribution in [2.75, 3.05) is 14.2 Å². The van der Waals surface area contributed by atoms with Crippen LogP contribution in [0.15, 0.2) is 18.2 Å². The Balaban J connectivity index is 0.000000399. The largest absolute Gasteiger partial charge is 0.497 e. The summed E-state index contributed by atoms with van der Waals surface area (Å²) in [6, 6.07) is 5.59. The van der Waals surface area contributed by atoms with Crippen molar-refractivity contribution in [3.05, 3.63) is 23.8 Å². The van der Waals surface area contributed by atoms with E-state index in [9.17, 15) is 9.59 Å². The molecule has 5 nitrogen and oxygen atoms in total. The second-order valence-electron chi connectivity index (χ2n) is 3.43. The lowest BCUT2D eigenvalue weighted by Gasteiger charge is -2.07. The summed E-state index contributed by atoms with van der Waals surface area (Å²) in [5, 5.41) is -0.873. The first-order valence-corrected chi connectivity index (χ1v) is 6.01. The predicted octanol–water partition coefficient (Wildman–Crippen LogP) is 1.89. The number of ketones is 1. The fourth-order valence-electron chi connectivity index (χ4n) is 1.16. The molecule has 2 N–H and O–H groups in total. The molecule has 19 heavy (non-hydrogen) atoms. The number of ether oxygens (including phenoxy) is 2. The van der Waals surface area contributed by atoms with Gasteiger partial charge >= 0.3 is 0 Å². The van der Waals surface area contributed by atoms with Crippen molar-refractivity contribution in [1.29, 1.82) is 0 Å². The molecule has 0 aliphatic heterocycles. The van der Waals surface area contributed by atoms with Gasteiger partial charge < -0.3 is 15.2 Å². The fourth-order valence-corrected chi connectivity index (χ4v) is 1.29. The van der Waals surface area contributed by atoms with Crippen molar-refractivity contribution in [2.45, 2.75) is 19.9 Å². The van der Waals surface area contributed by atoms with Gasteiger partial charge in [0.25, 0.3) is 5.24 Å². The maximum atomic E-state index is 10.0. The van der Waals surface area contributed by atoms with Crippen molar-refractivity contribution in [2.24, 2.45) is 5.73 Å². The molecule has 0 saturated heterocycles. The molecule has 1 rings (SSSR count). The molecule has 6 heteroatoms. The average Bonchev–Trinajstić information content (AvgIpc) is 2.45. The maximum Gasteiger partial charge on any atom is 0.288 e. The summed E-state index contributed by atoms with van der Waals surface area (Å²) in [5.41, 5.74) is 6.48. The SMILES string of the molecule is CCC(=O)C(=O)Cl.COc1ccc(CN)c(OC)c1. The Hall–Kier alpha value is -1.59. The highest BCUT2D eigenvalue weighted by molar-refractivity contribution is 6.81. The van der Waals surface area contributed by atoms with Crippen molar-refractivity contribution < 1.29 is 19.1 Å². The van der Waals surface area contributed by atoms with Gasteiger partial charge in [0.15, 0.2) is 0 Å². The molecule has 0 atom stereocenters. The van der Waals surface area contributed by atoms with Gasteiger partial charge in [0.05, 0.1) is 14.2 Å². The van der Waals surface area contributed by atoms with E-state index in [1.165, 1.54) is 0 Å². The minimum absolute atomic E-state index is 0.197. The van der Waals surface area contributed by atoms with Crippen LogP contribution in [-0.2, 0) is 16.1 Å². The van der Waals surface area contributed by atoms with E-state index in [2.05, 4.69) is 0 Å². The van der Waals surface area contributed by atoms with E-state index in [4.69, 9.17) is 26.8 Å². The van der Waals surface area contributed by atoms with Crippen molar-refractivity contribution >= 4 is 22.6 Å². The van der Waals surface area contributed by atoms with Gasteiger partial charge in [0, 0.05) is 24.6 Å². The molecular formula is C13H18ClNO4. The van der Waals surface area contributed by atoms with Gasteiger partial charge in [0.2, 0.25) is 5.78 Å². The Bertz CT molecular complexity index is 435. The summed E-state index contributed by atoms with van der Waals surface area (Å²) >= 11 is 4.74. The van der Waals surface area contributed by atoms with E-state index in [0.717, 1.165) is 17.1 Å². The van der Waals surface area contributed by atoms with Gasteiger partial charge in [-0.15, -0.1) is 0 Å². The summed E-state index contributed by atoms with van der Waals surface area (Å²) in [4.78, 5) is 19.8. The summed E-state index contributed by atoms with van der Waals surface area (Å²) in [6.45, 7) is 2.07. The van der Waals surface area contributed by atoms with Crippen LogP contribution in [0.25, 0.3) is 0 Å². The Morgan fingerprint density at radius 3 is 2.21 bits per heavy atom. The Labute approximate surface area is 117 Å². The third-order valence-corrected chi connectivity index (χ3v) is 2.47. The Kier molecular flexibility index (Phi) is 8.57. The molecule has 0 bridgehead atoms. The average molecular weight is 288 g/mol. The molecule has 0 aliphatic rings. The van der Waals surface area contributed by atoms with Crippen LogP contribution in [0.1, 0.15) is 18.9 Å². The fraction of sp³-hybridized carbons (Fsp3) is 0.385. The number of Topliss-reactive ketones (excluding diaryl/α,β-unsaturated/α-hetero) is 1. The van der Waals surface area contributed by atoms with Gasteiger partial charge in [-0.2, -0.15) is 0 Å². The lowest BCUT2D eigenvalue weighted by molar-refractivity contribution is -0.131. The van der Waals surface area contributed by atoms with E-state index >= 15 is 0 Å². The second kappa shape index (κ2) is 9.35. The standard InChI is InChI=1S/C9H13NO2.C4H5ClO2/c1-11-8-4-3-7(6-10)9(5-8)12-2;1-2-3(6)4(5)7/h3-5H,6,10H2,1-2H3;2H2,1H3. The predicted molar refractivity (Wildman–Crippen MR) is 73.6 cm³/mol. The zero-order chi connectivity index (χ0) is 14.8. The van der Waals surface area contributed by atoms with Gasteiger partial charge in [-0.25, -0.2) is 0 Å². The molecule has 0 saturated carbocycles. The third-order valence-electron chi connectivity index (χ3n) is 2.25. The van der Waals surface area contributed by atoms with Gasteiger partial charge in [-0.05, 0) is 17.7 Å². The molecule has 0 radical (unpaired) electrons. The van der Waals surface area contributed by atoms with Gasteiger partial charge in [0.1, 0.15) is 11.5 Å². The number of methoxy groups -OCH3 is 2. The highest BCUT2D eigenvalue weighted by Crippen LogP contribution is 2.23. The van der Waals surface area contributed by atoms with Crippen molar-refractivity contribution in [3.63, 3.8) is 0 Å². The topological polar surface area (TPSA) is 78.6 Å². The van der Waals surface area contributed by atoms with E-state index < -0.39 is 11.0 Å². The summed E-state index contributed by atoms with van der Waals surface area (Å²) < 4.78 is 10.2. The third kappa shape index (κ3) is 6.22. The number of carbonyl (C=O) groups excluding carboxylic acids is 2. The first-order chi connectivity index (χ1) is 8.99. The first-order valence-electron chi connectivity index (χ1n) is 5.63. The molecule has 0 heterocycles. The number of halogens is 1. The summed E-state index contributed by atoms with van der Waals surface area (Å²) in [6.07, 6.45) is 0.197. The van der Waals surface area contributed by atoms with Gasteiger partial charge in [-0.3, -0.25) is 9.59 Å². The molecule has 0 amide bonds. The van der Waals surface area contributed by atoms with E-state index in [0.29, 0.717) is 6.54 Å². The normalized spacial score (nSPS) is 9.11. The lowest BCUT2D eigenvalue weighted by Crippen LogP contribution is -2.03. The van der Waals surface area contributed by atoms with Crippen LogP contribution in [0.4, 0.5) is 0 Å². The minimum atomic E-state index is -0.873. The maximum absolute atomic E-state index is 10.0. The molecule has 0 aliphatic carbocycles. The molecule has 0 aromatic heterocycles. The van der Waals surface area contributed by atoms with Gasteiger partial charge in [-0.1, -0.05) is 13.0 Å². The molecule has 0 unspecified atom stereocenters. The quantitative estimate of drug-likeness (QED) is 0.661. The first kappa shape index (κ1) is 17.4. The van der Waals surface area contributed by atoms with Crippen molar-refractivity contribution in [1.82, 2.24) is 0 Å². The molecular weight excluding hydrogens is 270 g/mol. The second-order valence-corrected chi connectivity index (χ2v) is 3.78. The zero-order valence-electron chi connectivity index (χ0n) is 11.2. The lowest BCUT2D eigenvalue weighted by atomic mass is 10.2. The number of carbonyl (C=O) groups is 2. The molecule has 106 valence electrons. The van der Waals surface area contributed by atoms with Crippen molar-refractivity contribution in [3.8, 4) is 11.5 Å². The van der Waals surface area contributed by atoms with E-state index in [-0.39, 0.29) is 6.42 Å². The number of hydrogen-bond donors (Lipinski definition) is 1. The van der Waals surface area contributed by atoms with Crippen LogP contribution in [0.2, 0.25) is 0 Å². The number of rotatable bonds is 5. The van der Waals surface area contributed by atoms with Crippen LogP contribution < -0.4 is 15.2 Å². The summed E-state index contributed by atoms with van der Waals surface area (Å²) in [7, 11) is 3.24. The number of hydrogen-bond acceptors (Lipinski definition) is 5. The minimum Gasteiger partial charge on any atom is -0.497 e. The zero-order valence-corrected chi connectivity index (χ0v) is 12.0. The summed E-state index contributed by atoms with van der Waals surface area (Å²) in [5.74, 6) is 1.03. The highest BCUT2D eigenvalue weighted by atomic mass is 35.5. The number of nitrogens with two attached hydrogens (primary N) is 1. The van der Waals surface area contributed by atoms with Crippen LogP contribution in [-0.4, -0.2) is 25.2 Å². The molecule has 1 aromatic rings. The van der Waals surface area contributed by atoms with Crippen LogP contribution in [0.3, 0.4) is 0 Å². The molecule has 0 fully saturated rings. The molecule has 0 spiro atoms. The van der Waals surface area contributed by atoms with E-state index in [1.54, 1.807) is 21.1 Å². The van der Waals surface area contributed by atoms with E-state index in [1.807, 2.05) is 18.2 Å². The number of benzene rings is 1. The Morgan fingerprint density at radius 1 is 1.26 bits per heavy atom.